The molecule has 0 saturated heterocycles. The normalized spacial score (nSPS) is 11.2. The second-order valence-electron chi connectivity index (χ2n) is 6.71. The van der Waals surface area contributed by atoms with Gasteiger partial charge in [0.05, 0.1) is 0 Å². The van der Waals surface area contributed by atoms with Crippen LogP contribution in [0.4, 0.5) is 4.39 Å². The van der Waals surface area contributed by atoms with Crippen molar-refractivity contribution in [1.29, 1.82) is 0 Å². The van der Waals surface area contributed by atoms with E-state index in [2.05, 4.69) is 15.6 Å². The van der Waals surface area contributed by atoms with E-state index in [0.29, 0.717) is 18.7 Å². The third-order valence-corrected chi connectivity index (χ3v) is 4.21. The van der Waals surface area contributed by atoms with Crippen molar-refractivity contribution in [1.82, 2.24) is 15.5 Å². The molecule has 1 amide bonds. The van der Waals surface area contributed by atoms with Crippen molar-refractivity contribution in [2.75, 3.05) is 33.7 Å². The molecule has 0 radical (unpaired) electrons. The van der Waals surface area contributed by atoms with Crippen molar-refractivity contribution < 1.29 is 9.18 Å². The molecular weight excluding hydrogens is 355 g/mol. The second-order valence-corrected chi connectivity index (χ2v) is 6.71. The van der Waals surface area contributed by atoms with Gasteiger partial charge in [0.15, 0.2) is 5.96 Å². The van der Waals surface area contributed by atoms with Crippen LogP contribution in [0.5, 0.6) is 0 Å². The molecule has 0 heterocycles. The minimum absolute atomic E-state index is 0.00510. The number of carbonyl (C=O) groups is 1. The summed E-state index contributed by atoms with van der Waals surface area (Å²) in [5.74, 6) is 0.536. The molecule has 0 fully saturated rings. The number of hydrogen-bond acceptors (Lipinski definition) is 2. The summed E-state index contributed by atoms with van der Waals surface area (Å²) in [5, 5.41) is 6.55. The quantitative estimate of drug-likeness (QED) is 0.544. The van der Waals surface area contributed by atoms with Crippen LogP contribution in [0.25, 0.3) is 0 Å². The number of hydrogen-bond donors (Lipinski definition) is 2. The number of nitrogens with zero attached hydrogens (tertiary/aromatic N) is 2. The maximum absolute atomic E-state index is 13.0. The van der Waals surface area contributed by atoms with Gasteiger partial charge in [-0.3, -0.25) is 9.79 Å². The Hall–Kier alpha value is -2.89. The van der Waals surface area contributed by atoms with Crippen molar-refractivity contribution in [3.63, 3.8) is 0 Å². The van der Waals surface area contributed by atoms with Crippen LogP contribution in [-0.4, -0.2) is 50.5 Å². The summed E-state index contributed by atoms with van der Waals surface area (Å²) in [6.45, 7) is 4.12. The fraction of sp³-hybridized carbons (Fsp3) is 0.364. The van der Waals surface area contributed by atoms with Gasteiger partial charge in [0.25, 0.3) is 5.91 Å². The number of rotatable bonds is 8. The number of guanidine groups is 1. The van der Waals surface area contributed by atoms with E-state index in [1.807, 2.05) is 31.2 Å². The Bertz CT molecular complexity index is 787. The maximum Gasteiger partial charge on any atom is 0.253 e. The van der Waals surface area contributed by atoms with Gasteiger partial charge >= 0.3 is 0 Å². The van der Waals surface area contributed by atoms with Crippen molar-refractivity contribution in [2.45, 2.75) is 19.8 Å². The molecule has 28 heavy (non-hydrogen) atoms. The third-order valence-electron chi connectivity index (χ3n) is 4.21. The molecule has 6 heteroatoms. The molecule has 150 valence electrons. The first-order valence-electron chi connectivity index (χ1n) is 9.57. The van der Waals surface area contributed by atoms with E-state index in [0.717, 1.165) is 36.5 Å². The fourth-order valence-electron chi connectivity index (χ4n) is 2.73. The van der Waals surface area contributed by atoms with Crippen LogP contribution in [-0.2, 0) is 12.8 Å². The van der Waals surface area contributed by atoms with E-state index in [4.69, 9.17) is 0 Å². The summed E-state index contributed by atoms with van der Waals surface area (Å²) < 4.78 is 13.0. The largest absolute Gasteiger partial charge is 0.357 e. The van der Waals surface area contributed by atoms with Gasteiger partial charge in [-0.1, -0.05) is 24.3 Å². The first kappa shape index (κ1) is 21.4. The predicted molar refractivity (Wildman–Crippen MR) is 112 cm³/mol. The predicted octanol–water partition coefficient (Wildman–Crippen LogP) is 2.87. The molecular formula is C22H29FN4O. The molecule has 0 bridgehead atoms. The molecule has 0 unspecified atom stereocenters. The minimum atomic E-state index is -0.224. The SMILES string of the molecule is CCNC(=NCCc1ccc(F)cc1)NCCc1cccc(C(=O)N(C)C)c1. The van der Waals surface area contributed by atoms with Gasteiger partial charge < -0.3 is 15.5 Å². The molecule has 0 aliphatic rings. The number of aliphatic imine (C=N–C) groups is 1. The number of carbonyl (C=O) groups excluding carboxylic acids is 1. The van der Waals surface area contributed by atoms with E-state index >= 15 is 0 Å². The van der Waals surface area contributed by atoms with Gasteiger partial charge in [0, 0.05) is 39.3 Å². The smallest absolute Gasteiger partial charge is 0.253 e. The molecule has 0 saturated carbocycles. The summed E-state index contributed by atoms with van der Waals surface area (Å²) >= 11 is 0. The lowest BCUT2D eigenvalue weighted by Gasteiger charge is -2.13. The van der Waals surface area contributed by atoms with Crippen LogP contribution in [0.3, 0.4) is 0 Å². The molecule has 0 atom stereocenters. The van der Waals surface area contributed by atoms with Crippen LogP contribution in [0, 0.1) is 5.82 Å². The Morgan fingerprint density at radius 1 is 1.04 bits per heavy atom. The van der Waals surface area contributed by atoms with Crippen molar-refractivity contribution in [3.8, 4) is 0 Å². The fourth-order valence-corrected chi connectivity index (χ4v) is 2.73. The van der Waals surface area contributed by atoms with Gasteiger partial charge in [-0.05, 0) is 55.2 Å². The van der Waals surface area contributed by atoms with E-state index in [1.54, 1.807) is 31.1 Å². The third kappa shape index (κ3) is 7.02. The van der Waals surface area contributed by atoms with Gasteiger partial charge in [-0.15, -0.1) is 0 Å². The highest BCUT2D eigenvalue weighted by Gasteiger charge is 2.08. The van der Waals surface area contributed by atoms with E-state index < -0.39 is 0 Å². The minimum Gasteiger partial charge on any atom is -0.357 e. The van der Waals surface area contributed by atoms with E-state index in [9.17, 15) is 9.18 Å². The number of benzene rings is 2. The van der Waals surface area contributed by atoms with Gasteiger partial charge in [0.2, 0.25) is 0 Å². The van der Waals surface area contributed by atoms with Gasteiger partial charge in [-0.2, -0.15) is 0 Å². The molecule has 2 N–H and O–H groups in total. The summed E-state index contributed by atoms with van der Waals surface area (Å²) in [4.78, 5) is 18.2. The Morgan fingerprint density at radius 2 is 1.79 bits per heavy atom. The highest BCUT2D eigenvalue weighted by atomic mass is 19.1. The van der Waals surface area contributed by atoms with Crippen molar-refractivity contribution in [2.24, 2.45) is 4.99 Å². The second kappa shape index (κ2) is 11.1. The monoisotopic (exact) mass is 384 g/mol. The summed E-state index contributed by atoms with van der Waals surface area (Å²) in [5.41, 5.74) is 2.85. The Morgan fingerprint density at radius 3 is 2.46 bits per heavy atom. The summed E-state index contributed by atoms with van der Waals surface area (Å²) in [6, 6.07) is 14.2. The molecule has 2 aromatic rings. The summed E-state index contributed by atoms with van der Waals surface area (Å²) in [6.07, 6.45) is 1.54. The number of nitrogens with one attached hydrogen (secondary N) is 2. The average molecular weight is 384 g/mol. The topological polar surface area (TPSA) is 56.7 Å². The van der Waals surface area contributed by atoms with Crippen molar-refractivity contribution >= 4 is 11.9 Å². The molecule has 0 aliphatic heterocycles. The number of halogens is 1. The highest BCUT2D eigenvalue weighted by molar-refractivity contribution is 5.94. The van der Waals surface area contributed by atoms with Crippen molar-refractivity contribution in [3.05, 3.63) is 71.0 Å². The molecule has 2 aromatic carbocycles. The van der Waals surface area contributed by atoms with Gasteiger partial charge in [0.1, 0.15) is 5.82 Å². The summed E-state index contributed by atoms with van der Waals surface area (Å²) in [7, 11) is 3.50. The van der Waals surface area contributed by atoms with Crippen LogP contribution in [0.2, 0.25) is 0 Å². The lowest BCUT2D eigenvalue weighted by molar-refractivity contribution is 0.0827. The maximum atomic E-state index is 13.0. The number of amides is 1. The van der Waals surface area contributed by atoms with E-state index in [-0.39, 0.29) is 11.7 Å². The van der Waals surface area contributed by atoms with E-state index in [1.165, 1.54) is 12.1 Å². The lowest BCUT2D eigenvalue weighted by Crippen LogP contribution is -2.38. The van der Waals surface area contributed by atoms with Crippen LogP contribution in [0.1, 0.15) is 28.4 Å². The molecule has 5 nitrogen and oxygen atoms in total. The zero-order valence-corrected chi connectivity index (χ0v) is 16.8. The Kier molecular flexibility index (Phi) is 8.46. The molecule has 0 aliphatic carbocycles. The Labute approximate surface area is 166 Å². The molecule has 2 rings (SSSR count). The highest BCUT2D eigenvalue weighted by Crippen LogP contribution is 2.08. The molecule has 0 aromatic heterocycles. The average Bonchev–Trinajstić information content (AvgIpc) is 2.69. The van der Waals surface area contributed by atoms with Crippen LogP contribution >= 0.6 is 0 Å². The standard InChI is InChI=1S/C22H29FN4O/c1-4-24-22(25-14-12-17-8-10-20(23)11-9-17)26-15-13-18-6-5-7-19(16-18)21(28)27(2)3/h5-11,16H,4,12-15H2,1-3H3,(H2,24,25,26). The van der Waals surface area contributed by atoms with Gasteiger partial charge in [-0.25, -0.2) is 4.39 Å². The van der Waals surface area contributed by atoms with Crippen LogP contribution in [0.15, 0.2) is 53.5 Å². The Balaban J connectivity index is 1.86. The molecule has 0 spiro atoms. The first-order valence-corrected chi connectivity index (χ1v) is 9.57. The van der Waals surface area contributed by atoms with Crippen LogP contribution < -0.4 is 10.6 Å². The first-order chi connectivity index (χ1) is 13.5. The zero-order chi connectivity index (χ0) is 20.4. The lowest BCUT2D eigenvalue weighted by atomic mass is 10.1. The zero-order valence-electron chi connectivity index (χ0n) is 16.8.